The van der Waals surface area contributed by atoms with Gasteiger partial charge in [0.2, 0.25) is 0 Å². The fourth-order valence-corrected chi connectivity index (χ4v) is 2.98. The minimum Gasteiger partial charge on any atom is -0.492 e. The van der Waals surface area contributed by atoms with Gasteiger partial charge in [0.05, 0.1) is 23.6 Å². The van der Waals surface area contributed by atoms with Crippen LogP contribution < -0.4 is 20.2 Å². The molecule has 0 bridgehead atoms. The van der Waals surface area contributed by atoms with Crippen molar-refractivity contribution >= 4 is 29.2 Å². The van der Waals surface area contributed by atoms with Gasteiger partial charge in [0.25, 0.3) is 0 Å². The van der Waals surface area contributed by atoms with E-state index in [1.807, 2.05) is 26.0 Å². The molecule has 0 aliphatic rings. The monoisotopic (exact) mass is 459 g/mol. The minimum atomic E-state index is -0.959. The van der Waals surface area contributed by atoms with Gasteiger partial charge in [-0.3, -0.25) is 9.59 Å². The van der Waals surface area contributed by atoms with Gasteiger partial charge in [-0.25, -0.2) is 10.2 Å². The Labute approximate surface area is 197 Å². The number of aryl methyl sites for hydroxylation is 1. The molecule has 3 aromatic rings. The Balaban J connectivity index is 1.68. The molecule has 0 saturated carbocycles. The van der Waals surface area contributed by atoms with Crippen LogP contribution >= 0.6 is 0 Å². The highest BCUT2D eigenvalue weighted by atomic mass is 16.5. The van der Waals surface area contributed by atoms with E-state index in [-0.39, 0.29) is 5.75 Å². The number of nitrogens with zero attached hydrogens (tertiary/aromatic N) is 1. The van der Waals surface area contributed by atoms with Gasteiger partial charge < -0.3 is 14.8 Å². The van der Waals surface area contributed by atoms with Gasteiger partial charge in [-0.2, -0.15) is 5.10 Å². The van der Waals surface area contributed by atoms with Gasteiger partial charge in [0, 0.05) is 5.56 Å². The first-order valence-electron chi connectivity index (χ1n) is 10.6. The predicted molar refractivity (Wildman–Crippen MR) is 129 cm³/mol. The lowest BCUT2D eigenvalue weighted by molar-refractivity contribution is -0.136. The van der Waals surface area contributed by atoms with E-state index in [9.17, 15) is 14.4 Å². The molecule has 0 aliphatic carbocycles. The first-order valence-corrected chi connectivity index (χ1v) is 10.6. The summed E-state index contributed by atoms with van der Waals surface area (Å²) in [4.78, 5) is 37.1. The molecule has 2 amide bonds. The molecule has 174 valence electrons. The van der Waals surface area contributed by atoms with E-state index in [0.717, 1.165) is 5.56 Å². The van der Waals surface area contributed by atoms with Crippen LogP contribution in [0.4, 0.5) is 5.69 Å². The van der Waals surface area contributed by atoms with Crippen molar-refractivity contribution in [1.82, 2.24) is 5.43 Å². The second-order valence-electron chi connectivity index (χ2n) is 7.27. The number of anilines is 1. The molecule has 0 radical (unpaired) electrons. The van der Waals surface area contributed by atoms with Crippen LogP contribution in [0.2, 0.25) is 0 Å². The van der Waals surface area contributed by atoms with Crippen LogP contribution in [0.1, 0.15) is 35.3 Å². The number of esters is 1. The molecule has 0 unspecified atom stereocenters. The number of nitrogens with one attached hydrogen (secondary N) is 2. The van der Waals surface area contributed by atoms with Crippen LogP contribution in [0.3, 0.4) is 0 Å². The molecule has 8 nitrogen and oxygen atoms in total. The molecular formula is C26H25N3O5. The Kier molecular flexibility index (Phi) is 8.12. The van der Waals surface area contributed by atoms with Crippen molar-refractivity contribution in [3.8, 4) is 11.5 Å². The van der Waals surface area contributed by atoms with Gasteiger partial charge >= 0.3 is 17.8 Å². The normalized spacial score (nSPS) is 10.9. The summed E-state index contributed by atoms with van der Waals surface area (Å²) in [7, 11) is 0. The van der Waals surface area contributed by atoms with Crippen molar-refractivity contribution in [2.75, 3.05) is 11.9 Å². The van der Waals surface area contributed by atoms with Crippen molar-refractivity contribution in [3.05, 3.63) is 89.5 Å². The van der Waals surface area contributed by atoms with E-state index in [1.165, 1.54) is 0 Å². The number of ether oxygens (including phenoxy) is 2. The highest BCUT2D eigenvalue weighted by Gasteiger charge is 2.17. The molecule has 0 atom stereocenters. The molecule has 3 aromatic carbocycles. The van der Waals surface area contributed by atoms with E-state index >= 15 is 0 Å². The quantitative estimate of drug-likeness (QED) is 0.182. The van der Waals surface area contributed by atoms with Crippen molar-refractivity contribution < 1.29 is 23.9 Å². The largest absolute Gasteiger partial charge is 0.492 e. The van der Waals surface area contributed by atoms with E-state index in [2.05, 4.69) is 15.8 Å². The van der Waals surface area contributed by atoms with Gasteiger partial charge in [-0.15, -0.1) is 0 Å². The zero-order chi connectivity index (χ0) is 24.5. The lowest BCUT2D eigenvalue weighted by Gasteiger charge is -2.11. The molecule has 3 rings (SSSR count). The van der Waals surface area contributed by atoms with E-state index < -0.39 is 17.8 Å². The van der Waals surface area contributed by atoms with Crippen LogP contribution in [0, 0.1) is 6.92 Å². The number of hydrogen-bond donors (Lipinski definition) is 2. The molecule has 0 aliphatic heterocycles. The van der Waals surface area contributed by atoms with Crippen molar-refractivity contribution in [2.24, 2.45) is 5.10 Å². The summed E-state index contributed by atoms with van der Waals surface area (Å²) < 4.78 is 11.0. The zero-order valence-electron chi connectivity index (χ0n) is 19.1. The number of hydrazone groups is 1. The number of hydrogen-bond acceptors (Lipinski definition) is 6. The fraction of sp³-hybridized carbons (Fsp3) is 0.154. The van der Waals surface area contributed by atoms with Crippen LogP contribution in [0.5, 0.6) is 11.5 Å². The van der Waals surface area contributed by atoms with Crippen molar-refractivity contribution in [2.45, 2.75) is 20.8 Å². The smallest absolute Gasteiger partial charge is 0.343 e. The summed E-state index contributed by atoms with van der Waals surface area (Å²) in [6.07, 6.45) is 0. The number of benzene rings is 3. The fourth-order valence-electron chi connectivity index (χ4n) is 2.98. The molecule has 0 aromatic heterocycles. The van der Waals surface area contributed by atoms with Gasteiger partial charge in [0.15, 0.2) is 0 Å². The SMILES string of the molecule is CCOc1ccccc1NC(=O)C(=O)N/N=C(\C)c1ccccc1OC(=O)c1ccc(C)cc1. The maximum Gasteiger partial charge on any atom is 0.343 e. The van der Waals surface area contributed by atoms with Gasteiger partial charge in [-0.05, 0) is 57.2 Å². The summed E-state index contributed by atoms with van der Waals surface area (Å²) in [6, 6.07) is 20.6. The highest BCUT2D eigenvalue weighted by Crippen LogP contribution is 2.23. The van der Waals surface area contributed by atoms with Gasteiger partial charge in [-0.1, -0.05) is 42.0 Å². The standard InChI is InChI=1S/C26H25N3O5/c1-4-33-23-12-8-6-10-21(23)27-24(30)25(31)29-28-18(3)20-9-5-7-11-22(20)34-26(32)19-15-13-17(2)14-16-19/h5-16H,4H2,1-3H3,(H,27,30)(H,29,31)/b28-18+. The summed E-state index contributed by atoms with van der Waals surface area (Å²) in [5.74, 6) is -1.65. The Morgan fingerprint density at radius 1 is 0.853 bits per heavy atom. The number of carbonyl (C=O) groups is 3. The third-order valence-corrected chi connectivity index (χ3v) is 4.73. The number of para-hydroxylation sites is 3. The van der Waals surface area contributed by atoms with Crippen LogP contribution in [0.15, 0.2) is 77.9 Å². The summed E-state index contributed by atoms with van der Waals surface area (Å²) in [5.41, 5.74) is 4.88. The molecule has 0 saturated heterocycles. The first kappa shape index (κ1) is 24.2. The lowest BCUT2D eigenvalue weighted by Crippen LogP contribution is -2.33. The maximum atomic E-state index is 12.5. The van der Waals surface area contributed by atoms with Crippen LogP contribution in [0.25, 0.3) is 0 Å². The highest BCUT2D eigenvalue weighted by molar-refractivity contribution is 6.39. The lowest BCUT2D eigenvalue weighted by atomic mass is 10.1. The second-order valence-corrected chi connectivity index (χ2v) is 7.27. The van der Waals surface area contributed by atoms with Crippen LogP contribution in [-0.4, -0.2) is 30.1 Å². The summed E-state index contributed by atoms with van der Waals surface area (Å²) in [5, 5.41) is 6.51. The number of amides is 2. The minimum absolute atomic E-state index is 0.277. The van der Waals surface area contributed by atoms with Crippen molar-refractivity contribution in [3.63, 3.8) is 0 Å². The number of rotatable bonds is 7. The Hall–Kier alpha value is -4.46. The molecule has 34 heavy (non-hydrogen) atoms. The predicted octanol–water partition coefficient (Wildman–Crippen LogP) is 4.09. The number of carbonyl (C=O) groups excluding carboxylic acids is 3. The van der Waals surface area contributed by atoms with Gasteiger partial charge in [0.1, 0.15) is 11.5 Å². The Morgan fingerprint density at radius 2 is 1.50 bits per heavy atom. The average molecular weight is 460 g/mol. The molecule has 0 fully saturated rings. The Bertz CT molecular complexity index is 1220. The second kappa shape index (κ2) is 11.4. The molecule has 8 heteroatoms. The molecule has 2 N–H and O–H groups in total. The van der Waals surface area contributed by atoms with E-state index in [1.54, 1.807) is 67.6 Å². The third kappa shape index (κ3) is 6.29. The summed E-state index contributed by atoms with van der Waals surface area (Å²) in [6.45, 7) is 5.78. The average Bonchev–Trinajstić information content (AvgIpc) is 2.84. The first-order chi connectivity index (χ1) is 16.4. The molecule has 0 spiro atoms. The van der Waals surface area contributed by atoms with E-state index in [0.29, 0.717) is 34.9 Å². The molecular weight excluding hydrogens is 434 g/mol. The zero-order valence-corrected chi connectivity index (χ0v) is 19.1. The Morgan fingerprint density at radius 3 is 2.21 bits per heavy atom. The molecule has 0 heterocycles. The van der Waals surface area contributed by atoms with E-state index in [4.69, 9.17) is 9.47 Å². The maximum absolute atomic E-state index is 12.5. The van der Waals surface area contributed by atoms with Crippen molar-refractivity contribution in [1.29, 1.82) is 0 Å². The van der Waals surface area contributed by atoms with Crippen LogP contribution in [-0.2, 0) is 9.59 Å². The topological polar surface area (TPSA) is 106 Å². The summed E-state index contributed by atoms with van der Waals surface area (Å²) >= 11 is 0. The third-order valence-electron chi connectivity index (χ3n) is 4.73.